The number of hydrogen-bond acceptors (Lipinski definition) is 6. The molecular weight excluding hydrogens is 422 g/mol. The molecule has 1 aromatic carbocycles. The number of ketones is 1. The number of carbonyl (C=O) groups excluding carboxylic acids is 3. The van der Waals surface area contributed by atoms with Gasteiger partial charge in [0.1, 0.15) is 6.10 Å². The van der Waals surface area contributed by atoms with E-state index < -0.39 is 24.3 Å². The number of fused-ring (bicyclic) bond motifs is 1. The molecule has 7 heteroatoms. The molecular formula is C26H31NO6. The molecule has 1 aliphatic carbocycles. The Morgan fingerprint density at radius 3 is 2.33 bits per heavy atom. The van der Waals surface area contributed by atoms with Crippen molar-refractivity contribution < 1.29 is 28.6 Å². The lowest BCUT2D eigenvalue weighted by atomic mass is 9.98. The van der Waals surface area contributed by atoms with Crippen LogP contribution in [0.25, 0.3) is 0 Å². The fraction of sp³-hybridized carbons (Fsp3) is 0.500. The van der Waals surface area contributed by atoms with Crippen molar-refractivity contribution in [2.45, 2.75) is 77.2 Å². The standard InChI is InChI=1S/C26H31NO6/c1-17(2)25(33-26(30)31-19-11-7-4-8-12-19)32-24(29)20-15-16-27-21(20)13-14-22(27)23(28)18-9-5-3-6-10-18/h3,5-6,9-10,13-14,17,19-20,25H,4,7-8,11-12,15-16H2,1-2H3/t20-,25?/m0/s1. The van der Waals surface area contributed by atoms with Crippen LogP contribution in [0.3, 0.4) is 0 Å². The van der Waals surface area contributed by atoms with Crippen LogP contribution in [-0.2, 0) is 25.5 Å². The molecule has 2 heterocycles. The molecule has 1 fully saturated rings. The molecule has 2 aromatic rings. The largest absolute Gasteiger partial charge is 0.511 e. The first-order chi connectivity index (χ1) is 15.9. The number of aromatic nitrogens is 1. The Balaban J connectivity index is 1.40. The average Bonchev–Trinajstić information content (AvgIpc) is 3.41. The number of ether oxygens (including phenoxy) is 3. The van der Waals surface area contributed by atoms with Crippen molar-refractivity contribution in [3.05, 3.63) is 59.4 Å². The van der Waals surface area contributed by atoms with Gasteiger partial charge in [0.2, 0.25) is 5.78 Å². The monoisotopic (exact) mass is 453 g/mol. The lowest BCUT2D eigenvalue weighted by Gasteiger charge is -2.25. The SMILES string of the molecule is CC(C)C(OC(=O)OC1CCCCC1)OC(=O)[C@H]1CCn2c(C(=O)c3ccccc3)ccc21. The Kier molecular flexibility index (Phi) is 7.16. The maximum Gasteiger partial charge on any atom is 0.511 e. The fourth-order valence-corrected chi connectivity index (χ4v) is 4.55. The highest BCUT2D eigenvalue weighted by Gasteiger charge is 2.36. The van der Waals surface area contributed by atoms with E-state index in [4.69, 9.17) is 14.2 Å². The zero-order valence-corrected chi connectivity index (χ0v) is 19.2. The van der Waals surface area contributed by atoms with Gasteiger partial charge in [-0.25, -0.2) is 4.79 Å². The number of rotatable bonds is 7. The maximum atomic E-state index is 13.0. The third-order valence-corrected chi connectivity index (χ3v) is 6.37. The zero-order chi connectivity index (χ0) is 23.4. The Hall–Kier alpha value is -3.09. The van der Waals surface area contributed by atoms with Crippen molar-refractivity contribution in [3.8, 4) is 0 Å². The van der Waals surface area contributed by atoms with E-state index in [2.05, 4.69) is 0 Å². The molecule has 0 N–H and O–H groups in total. The summed E-state index contributed by atoms with van der Waals surface area (Å²) < 4.78 is 18.3. The molecule has 2 aliphatic rings. The highest BCUT2D eigenvalue weighted by Crippen LogP contribution is 2.33. The summed E-state index contributed by atoms with van der Waals surface area (Å²) in [4.78, 5) is 38.1. The zero-order valence-electron chi connectivity index (χ0n) is 19.2. The molecule has 4 rings (SSSR count). The Labute approximate surface area is 194 Å². The predicted octanol–water partition coefficient (Wildman–Crippen LogP) is 5.22. The van der Waals surface area contributed by atoms with Crippen molar-refractivity contribution in [2.24, 2.45) is 5.92 Å². The smallest absolute Gasteiger partial charge is 0.431 e. The van der Waals surface area contributed by atoms with E-state index in [1.165, 1.54) is 0 Å². The van der Waals surface area contributed by atoms with Crippen LogP contribution in [0.5, 0.6) is 0 Å². The summed E-state index contributed by atoms with van der Waals surface area (Å²) in [6.07, 6.45) is 3.49. The summed E-state index contributed by atoms with van der Waals surface area (Å²) in [6, 6.07) is 12.6. The average molecular weight is 454 g/mol. The molecule has 0 radical (unpaired) electrons. The van der Waals surface area contributed by atoms with Crippen molar-refractivity contribution in [1.82, 2.24) is 4.57 Å². The van der Waals surface area contributed by atoms with Crippen LogP contribution >= 0.6 is 0 Å². The van der Waals surface area contributed by atoms with Gasteiger partial charge in [-0.1, -0.05) is 50.6 Å². The van der Waals surface area contributed by atoms with E-state index in [1.807, 2.05) is 36.6 Å². The van der Waals surface area contributed by atoms with Crippen LogP contribution in [0.2, 0.25) is 0 Å². The molecule has 1 aromatic heterocycles. The van der Waals surface area contributed by atoms with Gasteiger partial charge in [0.15, 0.2) is 0 Å². The Morgan fingerprint density at radius 2 is 1.64 bits per heavy atom. The fourth-order valence-electron chi connectivity index (χ4n) is 4.55. The maximum absolute atomic E-state index is 13.0. The Bertz CT molecular complexity index is 989. The van der Waals surface area contributed by atoms with Gasteiger partial charge < -0.3 is 18.8 Å². The topological polar surface area (TPSA) is 83.8 Å². The second-order valence-electron chi connectivity index (χ2n) is 9.13. The van der Waals surface area contributed by atoms with Crippen molar-refractivity contribution in [2.75, 3.05) is 0 Å². The summed E-state index contributed by atoms with van der Waals surface area (Å²) in [6.45, 7) is 4.19. The van der Waals surface area contributed by atoms with Gasteiger partial charge in [0, 0.05) is 23.7 Å². The van der Waals surface area contributed by atoms with E-state index >= 15 is 0 Å². The van der Waals surface area contributed by atoms with Gasteiger partial charge >= 0.3 is 12.1 Å². The minimum atomic E-state index is -1.02. The summed E-state index contributed by atoms with van der Waals surface area (Å²) >= 11 is 0. The van der Waals surface area contributed by atoms with Gasteiger partial charge in [-0.3, -0.25) is 9.59 Å². The van der Waals surface area contributed by atoms with E-state index in [-0.39, 0.29) is 17.8 Å². The molecule has 7 nitrogen and oxygen atoms in total. The lowest BCUT2D eigenvalue weighted by molar-refractivity contribution is -0.182. The van der Waals surface area contributed by atoms with Crippen molar-refractivity contribution >= 4 is 17.9 Å². The van der Waals surface area contributed by atoms with E-state index in [1.54, 1.807) is 24.3 Å². The van der Waals surface area contributed by atoms with E-state index in [0.717, 1.165) is 37.8 Å². The lowest BCUT2D eigenvalue weighted by Crippen LogP contribution is -2.33. The third-order valence-electron chi connectivity index (χ3n) is 6.37. The van der Waals surface area contributed by atoms with Gasteiger partial charge in [0.25, 0.3) is 6.29 Å². The Morgan fingerprint density at radius 1 is 0.909 bits per heavy atom. The number of hydrogen-bond donors (Lipinski definition) is 0. The molecule has 0 amide bonds. The van der Waals surface area contributed by atoms with Crippen LogP contribution in [0.4, 0.5) is 4.79 Å². The highest BCUT2D eigenvalue weighted by atomic mass is 16.8. The predicted molar refractivity (Wildman–Crippen MR) is 121 cm³/mol. The quantitative estimate of drug-likeness (QED) is 0.325. The second-order valence-corrected chi connectivity index (χ2v) is 9.13. The minimum absolute atomic E-state index is 0.0790. The number of esters is 1. The normalized spacial score (nSPS) is 19.1. The van der Waals surface area contributed by atoms with Crippen LogP contribution in [0.1, 0.15) is 80.0 Å². The number of benzene rings is 1. The molecule has 2 atom stereocenters. The summed E-state index contributed by atoms with van der Waals surface area (Å²) in [5, 5.41) is 0. The highest BCUT2D eigenvalue weighted by molar-refractivity contribution is 6.08. The third kappa shape index (κ3) is 5.29. The van der Waals surface area contributed by atoms with Gasteiger partial charge in [-0.05, 0) is 44.2 Å². The van der Waals surface area contributed by atoms with Gasteiger partial charge in [0.05, 0.1) is 11.6 Å². The molecule has 1 saturated carbocycles. The molecule has 1 aliphatic heterocycles. The van der Waals surface area contributed by atoms with E-state index in [0.29, 0.717) is 24.2 Å². The first kappa shape index (κ1) is 23.1. The van der Waals surface area contributed by atoms with Crippen LogP contribution in [0.15, 0.2) is 42.5 Å². The van der Waals surface area contributed by atoms with Crippen LogP contribution in [-0.4, -0.2) is 34.9 Å². The van der Waals surface area contributed by atoms with Crippen molar-refractivity contribution in [3.63, 3.8) is 0 Å². The first-order valence-electron chi connectivity index (χ1n) is 11.8. The summed E-state index contributed by atoms with van der Waals surface area (Å²) in [7, 11) is 0. The molecule has 0 saturated heterocycles. The summed E-state index contributed by atoms with van der Waals surface area (Å²) in [5.41, 5.74) is 1.90. The van der Waals surface area contributed by atoms with Crippen LogP contribution in [0, 0.1) is 5.92 Å². The minimum Gasteiger partial charge on any atom is -0.431 e. The van der Waals surface area contributed by atoms with E-state index in [9.17, 15) is 14.4 Å². The van der Waals surface area contributed by atoms with Gasteiger partial charge in [-0.15, -0.1) is 0 Å². The number of nitrogens with zero attached hydrogens (tertiary/aromatic N) is 1. The number of carbonyl (C=O) groups is 3. The summed E-state index contributed by atoms with van der Waals surface area (Å²) in [5.74, 6) is -1.28. The molecule has 0 bridgehead atoms. The molecule has 0 spiro atoms. The van der Waals surface area contributed by atoms with Crippen molar-refractivity contribution in [1.29, 1.82) is 0 Å². The van der Waals surface area contributed by atoms with Crippen LogP contribution < -0.4 is 0 Å². The van der Waals surface area contributed by atoms with Gasteiger partial charge in [-0.2, -0.15) is 0 Å². The first-order valence-corrected chi connectivity index (χ1v) is 11.8. The molecule has 176 valence electrons. The second kappa shape index (κ2) is 10.2. The molecule has 33 heavy (non-hydrogen) atoms. The molecule has 1 unspecified atom stereocenters.